The van der Waals surface area contributed by atoms with Gasteiger partial charge in [0.15, 0.2) is 5.96 Å². The van der Waals surface area contributed by atoms with Crippen LogP contribution in [-0.4, -0.2) is 32.2 Å². The molecule has 1 rings (SSSR count). The van der Waals surface area contributed by atoms with Crippen molar-refractivity contribution in [1.29, 1.82) is 0 Å². The van der Waals surface area contributed by atoms with Crippen molar-refractivity contribution in [1.82, 2.24) is 10.6 Å². The molecule has 0 saturated carbocycles. The average molecular weight is 277 g/mol. The molecule has 1 atom stereocenters. The van der Waals surface area contributed by atoms with Crippen LogP contribution < -0.4 is 15.4 Å². The van der Waals surface area contributed by atoms with Crippen molar-refractivity contribution in [3.63, 3.8) is 0 Å². The molecule has 4 heteroatoms. The van der Waals surface area contributed by atoms with Crippen molar-refractivity contribution >= 4 is 5.96 Å². The van der Waals surface area contributed by atoms with Crippen LogP contribution in [0.1, 0.15) is 33.1 Å². The zero-order valence-electron chi connectivity index (χ0n) is 12.9. The van der Waals surface area contributed by atoms with Crippen LogP contribution in [0.2, 0.25) is 0 Å². The summed E-state index contributed by atoms with van der Waals surface area (Å²) in [4.78, 5) is 4.20. The molecule has 0 aliphatic carbocycles. The molecule has 0 aromatic heterocycles. The summed E-state index contributed by atoms with van der Waals surface area (Å²) in [5.41, 5.74) is 0. The lowest BCUT2D eigenvalue weighted by molar-refractivity contribution is 0.307. The minimum Gasteiger partial charge on any atom is -0.494 e. The van der Waals surface area contributed by atoms with Crippen LogP contribution >= 0.6 is 0 Å². The number of hydrogen-bond acceptors (Lipinski definition) is 2. The van der Waals surface area contributed by atoms with Crippen LogP contribution in [0, 0.1) is 0 Å². The average Bonchev–Trinajstić information content (AvgIpc) is 2.50. The van der Waals surface area contributed by atoms with Gasteiger partial charge >= 0.3 is 0 Å². The fraction of sp³-hybridized carbons (Fsp3) is 0.562. The van der Waals surface area contributed by atoms with Gasteiger partial charge < -0.3 is 15.4 Å². The van der Waals surface area contributed by atoms with E-state index in [9.17, 15) is 0 Å². The number of ether oxygens (including phenoxy) is 1. The molecule has 0 amide bonds. The predicted molar refractivity (Wildman–Crippen MR) is 85.4 cm³/mol. The topological polar surface area (TPSA) is 45.7 Å². The van der Waals surface area contributed by atoms with Crippen LogP contribution in [0.15, 0.2) is 35.3 Å². The summed E-state index contributed by atoms with van der Waals surface area (Å²) < 4.78 is 5.65. The third-order valence-electron chi connectivity index (χ3n) is 3.09. The molecule has 1 aromatic carbocycles. The maximum atomic E-state index is 5.65. The van der Waals surface area contributed by atoms with Crippen LogP contribution in [-0.2, 0) is 0 Å². The Morgan fingerprint density at radius 2 is 2.00 bits per heavy atom. The van der Waals surface area contributed by atoms with Gasteiger partial charge in [-0.1, -0.05) is 25.1 Å². The molecule has 0 heterocycles. The summed E-state index contributed by atoms with van der Waals surface area (Å²) in [5, 5.41) is 6.66. The molecule has 20 heavy (non-hydrogen) atoms. The SMILES string of the molecule is CCC(C)NC(=NC)NCCCCOc1ccccc1. The van der Waals surface area contributed by atoms with Gasteiger partial charge in [-0.2, -0.15) is 0 Å². The largest absolute Gasteiger partial charge is 0.494 e. The fourth-order valence-electron chi connectivity index (χ4n) is 1.67. The van der Waals surface area contributed by atoms with E-state index in [0.29, 0.717) is 6.04 Å². The lowest BCUT2D eigenvalue weighted by Crippen LogP contribution is -2.42. The van der Waals surface area contributed by atoms with E-state index in [1.54, 1.807) is 7.05 Å². The molecule has 0 aliphatic rings. The van der Waals surface area contributed by atoms with E-state index in [2.05, 4.69) is 29.5 Å². The number of guanidine groups is 1. The second kappa shape index (κ2) is 10.1. The summed E-state index contributed by atoms with van der Waals surface area (Å²) >= 11 is 0. The zero-order valence-corrected chi connectivity index (χ0v) is 12.9. The summed E-state index contributed by atoms with van der Waals surface area (Å²) in [6.07, 6.45) is 3.18. The minimum atomic E-state index is 0.447. The number of nitrogens with one attached hydrogen (secondary N) is 2. The Kier molecular flexibility index (Phi) is 8.27. The Morgan fingerprint density at radius 1 is 1.25 bits per heavy atom. The lowest BCUT2D eigenvalue weighted by atomic mass is 10.3. The Morgan fingerprint density at radius 3 is 2.65 bits per heavy atom. The molecule has 2 N–H and O–H groups in total. The molecule has 0 fully saturated rings. The quantitative estimate of drug-likeness (QED) is 0.436. The molecule has 0 saturated heterocycles. The van der Waals surface area contributed by atoms with Gasteiger partial charge in [0.1, 0.15) is 5.75 Å². The Balaban J connectivity index is 2.06. The molecule has 4 nitrogen and oxygen atoms in total. The van der Waals surface area contributed by atoms with E-state index in [4.69, 9.17) is 4.74 Å². The first-order valence-electron chi connectivity index (χ1n) is 7.41. The minimum absolute atomic E-state index is 0.447. The first-order chi connectivity index (χ1) is 9.76. The highest BCUT2D eigenvalue weighted by Gasteiger charge is 2.01. The van der Waals surface area contributed by atoms with Crippen molar-refractivity contribution in [2.24, 2.45) is 4.99 Å². The number of hydrogen-bond donors (Lipinski definition) is 2. The molecule has 1 unspecified atom stereocenters. The summed E-state index contributed by atoms with van der Waals surface area (Å²) in [5.74, 6) is 1.82. The fourth-order valence-corrected chi connectivity index (χ4v) is 1.67. The van der Waals surface area contributed by atoms with Gasteiger partial charge in [-0.05, 0) is 38.3 Å². The third-order valence-corrected chi connectivity index (χ3v) is 3.09. The van der Waals surface area contributed by atoms with Gasteiger partial charge in [0.25, 0.3) is 0 Å². The Hall–Kier alpha value is -1.71. The smallest absolute Gasteiger partial charge is 0.191 e. The van der Waals surface area contributed by atoms with Crippen molar-refractivity contribution in [3.8, 4) is 5.75 Å². The molecular formula is C16H27N3O. The van der Waals surface area contributed by atoms with Crippen LogP contribution in [0.25, 0.3) is 0 Å². The van der Waals surface area contributed by atoms with E-state index >= 15 is 0 Å². The second-order valence-electron chi connectivity index (χ2n) is 4.82. The Bertz CT molecular complexity index is 379. The molecule has 0 aliphatic heterocycles. The molecule has 0 bridgehead atoms. The van der Waals surface area contributed by atoms with E-state index in [1.165, 1.54) is 0 Å². The predicted octanol–water partition coefficient (Wildman–Crippen LogP) is 2.81. The number of para-hydroxylation sites is 1. The number of rotatable bonds is 8. The molecule has 112 valence electrons. The van der Waals surface area contributed by atoms with Crippen LogP contribution in [0.5, 0.6) is 5.75 Å². The molecule has 1 aromatic rings. The van der Waals surface area contributed by atoms with Gasteiger partial charge in [0.05, 0.1) is 6.61 Å². The van der Waals surface area contributed by atoms with Crippen LogP contribution in [0.4, 0.5) is 0 Å². The van der Waals surface area contributed by atoms with Gasteiger partial charge in [-0.15, -0.1) is 0 Å². The number of aliphatic imine (C=N–C) groups is 1. The molecule has 0 spiro atoms. The van der Waals surface area contributed by atoms with Crippen molar-refractivity contribution in [2.45, 2.75) is 39.2 Å². The molecule has 0 radical (unpaired) electrons. The number of benzene rings is 1. The zero-order chi connectivity index (χ0) is 14.6. The number of nitrogens with zero attached hydrogens (tertiary/aromatic N) is 1. The maximum Gasteiger partial charge on any atom is 0.191 e. The normalized spacial score (nSPS) is 12.8. The molecular weight excluding hydrogens is 250 g/mol. The maximum absolute atomic E-state index is 5.65. The van der Waals surface area contributed by atoms with Gasteiger partial charge in [0.2, 0.25) is 0 Å². The summed E-state index contributed by atoms with van der Waals surface area (Å²) in [6.45, 7) is 5.98. The van der Waals surface area contributed by atoms with Crippen LogP contribution in [0.3, 0.4) is 0 Å². The van der Waals surface area contributed by atoms with Crippen molar-refractivity contribution in [2.75, 3.05) is 20.2 Å². The highest BCUT2D eigenvalue weighted by molar-refractivity contribution is 5.79. The van der Waals surface area contributed by atoms with Crippen molar-refractivity contribution < 1.29 is 4.74 Å². The van der Waals surface area contributed by atoms with E-state index in [1.807, 2.05) is 30.3 Å². The van der Waals surface area contributed by atoms with Gasteiger partial charge in [-0.3, -0.25) is 4.99 Å². The monoisotopic (exact) mass is 277 g/mol. The standard InChI is InChI=1S/C16H27N3O/c1-4-14(2)19-16(17-3)18-12-8-9-13-20-15-10-6-5-7-11-15/h5-7,10-11,14H,4,8-9,12-13H2,1-3H3,(H2,17,18,19). The Labute approximate surface area is 122 Å². The van der Waals surface area contributed by atoms with Crippen molar-refractivity contribution in [3.05, 3.63) is 30.3 Å². The first kappa shape index (κ1) is 16.3. The summed E-state index contributed by atoms with van der Waals surface area (Å²) in [7, 11) is 1.80. The van der Waals surface area contributed by atoms with E-state index in [0.717, 1.165) is 44.1 Å². The highest BCUT2D eigenvalue weighted by atomic mass is 16.5. The first-order valence-corrected chi connectivity index (χ1v) is 7.41. The third kappa shape index (κ3) is 7.02. The van der Waals surface area contributed by atoms with E-state index in [-0.39, 0.29) is 0 Å². The van der Waals surface area contributed by atoms with Gasteiger partial charge in [-0.25, -0.2) is 0 Å². The number of unbranched alkanes of at least 4 members (excludes halogenated alkanes) is 1. The van der Waals surface area contributed by atoms with E-state index < -0.39 is 0 Å². The second-order valence-corrected chi connectivity index (χ2v) is 4.82. The highest BCUT2D eigenvalue weighted by Crippen LogP contribution is 2.08. The van der Waals surface area contributed by atoms with Gasteiger partial charge in [0, 0.05) is 19.6 Å². The lowest BCUT2D eigenvalue weighted by Gasteiger charge is -2.16. The summed E-state index contributed by atoms with van der Waals surface area (Å²) in [6, 6.07) is 10.4.